The first kappa shape index (κ1) is 16.2. The van der Waals surface area contributed by atoms with Gasteiger partial charge in [-0.1, -0.05) is 6.07 Å². The minimum atomic E-state index is -0.671. The number of amides is 1. The summed E-state index contributed by atoms with van der Waals surface area (Å²) in [7, 11) is 1.34. The highest BCUT2D eigenvalue weighted by Crippen LogP contribution is 2.19. The molecule has 0 saturated heterocycles. The number of hydrogen-bond donors (Lipinski definition) is 1. The van der Waals surface area contributed by atoms with Crippen molar-refractivity contribution >= 4 is 17.7 Å². The zero-order chi connectivity index (χ0) is 16.8. The largest absolute Gasteiger partial charge is 0.494 e. The van der Waals surface area contributed by atoms with E-state index in [9.17, 15) is 13.6 Å². The molecule has 0 radical (unpaired) electrons. The highest BCUT2D eigenvalue weighted by Gasteiger charge is 2.10. The van der Waals surface area contributed by atoms with E-state index in [4.69, 9.17) is 10.00 Å². The Labute approximate surface area is 131 Å². The predicted octanol–water partition coefficient (Wildman–Crippen LogP) is 3.52. The van der Waals surface area contributed by atoms with Crippen LogP contribution >= 0.6 is 0 Å². The molecule has 0 heterocycles. The molecule has 2 rings (SSSR count). The molecule has 116 valence electrons. The molecule has 0 aliphatic rings. The Kier molecular flexibility index (Phi) is 5.05. The van der Waals surface area contributed by atoms with Crippen molar-refractivity contribution in [2.24, 2.45) is 0 Å². The maximum absolute atomic E-state index is 13.6. The average molecular weight is 314 g/mol. The lowest BCUT2D eigenvalue weighted by Crippen LogP contribution is -2.13. The Bertz CT molecular complexity index is 793. The second-order valence-corrected chi connectivity index (χ2v) is 4.52. The second kappa shape index (κ2) is 7.18. The zero-order valence-corrected chi connectivity index (χ0v) is 12.1. The zero-order valence-electron chi connectivity index (χ0n) is 12.1. The maximum Gasteiger partial charge on any atom is 0.266 e. The summed E-state index contributed by atoms with van der Waals surface area (Å²) in [6, 6.07) is 10.9. The lowest BCUT2D eigenvalue weighted by Gasteiger charge is -2.05. The first-order valence-corrected chi connectivity index (χ1v) is 6.55. The van der Waals surface area contributed by atoms with Gasteiger partial charge >= 0.3 is 0 Å². The van der Waals surface area contributed by atoms with Crippen LogP contribution in [0.3, 0.4) is 0 Å². The van der Waals surface area contributed by atoms with Gasteiger partial charge in [-0.15, -0.1) is 0 Å². The maximum atomic E-state index is 13.6. The SMILES string of the molecule is COc1ccc(/C=C(\C#N)C(=O)Nc2ccc(F)cc2)cc1F. The van der Waals surface area contributed by atoms with E-state index in [-0.39, 0.29) is 11.3 Å². The van der Waals surface area contributed by atoms with Gasteiger partial charge in [0.15, 0.2) is 11.6 Å². The molecular weight excluding hydrogens is 302 g/mol. The number of ether oxygens (including phenoxy) is 1. The Morgan fingerprint density at radius 2 is 1.91 bits per heavy atom. The number of hydrogen-bond acceptors (Lipinski definition) is 3. The summed E-state index contributed by atoms with van der Waals surface area (Å²) in [5, 5.41) is 11.6. The van der Waals surface area contributed by atoms with Gasteiger partial charge in [0.1, 0.15) is 17.5 Å². The minimum absolute atomic E-state index is 0.0661. The smallest absolute Gasteiger partial charge is 0.266 e. The Morgan fingerprint density at radius 3 is 2.48 bits per heavy atom. The lowest BCUT2D eigenvalue weighted by atomic mass is 10.1. The van der Waals surface area contributed by atoms with E-state index < -0.39 is 17.5 Å². The molecule has 6 heteroatoms. The fourth-order valence-corrected chi connectivity index (χ4v) is 1.82. The first-order valence-electron chi connectivity index (χ1n) is 6.55. The molecule has 4 nitrogen and oxygen atoms in total. The average Bonchev–Trinajstić information content (AvgIpc) is 2.54. The van der Waals surface area contributed by atoms with Gasteiger partial charge in [-0.05, 0) is 48.0 Å². The summed E-state index contributed by atoms with van der Waals surface area (Å²) in [5.41, 5.74) is 0.478. The standard InChI is InChI=1S/C17H12F2N2O2/c1-23-16-7-2-11(9-15(16)19)8-12(10-20)17(22)21-14-5-3-13(18)4-6-14/h2-9H,1H3,(H,21,22)/b12-8+. The fourth-order valence-electron chi connectivity index (χ4n) is 1.82. The van der Waals surface area contributed by atoms with Crippen molar-refractivity contribution in [3.05, 3.63) is 65.2 Å². The summed E-state index contributed by atoms with van der Waals surface area (Å²) in [6.45, 7) is 0. The topological polar surface area (TPSA) is 62.1 Å². The molecule has 0 aromatic heterocycles. The Hall–Kier alpha value is -3.20. The summed E-state index contributed by atoms with van der Waals surface area (Å²) >= 11 is 0. The second-order valence-electron chi connectivity index (χ2n) is 4.52. The minimum Gasteiger partial charge on any atom is -0.494 e. The van der Waals surface area contributed by atoms with Crippen molar-refractivity contribution in [1.29, 1.82) is 5.26 Å². The monoisotopic (exact) mass is 314 g/mol. The summed E-state index contributed by atoms with van der Waals surface area (Å²) in [5.74, 6) is -1.64. The third-order valence-corrected chi connectivity index (χ3v) is 2.95. The lowest BCUT2D eigenvalue weighted by molar-refractivity contribution is -0.112. The number of methoxy groups -OCH3 is 1. The van der Waals surface area contributed by atoms with Crippen LogP contribution in [0, 0.1) is 23.0 Å². The summed E-state index contributed by atoms with van der Waals surface area (Å²) < 4.78 is 31.2. The van der Waals surface area contributed by atoms with Gasteiger partial charge in [0, 0.05) is 5.69 Å². The van der Waals surface area contributed by atoms with Crippen LogP contribution in [0.1, 0.15) is 5.56 Å². The number of nitriles is 1. The van der Waals surface area contributed by atoms with E-state index in [2.05, 4.69) is 5.32 Å². The van der Waals surface area contributed by atoms with E-state index in [1.807, 2.05) is 0 Å². The highest BCUT2D eigenvalue weighted by molar-refractivity contribution is 6.09. The normalized spacial score (nSPS) is 10.8. The van der Waals surface area contributed by atoms with Crippen molar-refractivity contribution in [3.8, 4) is 11.8 Å². The number of halogens is 2. The molecule has 1 amide bonds. The van der Waals surface area contributed by atoms with Crippen LogP contribution in [0.2, 0.25) is 0 Å². The van der Waals surface area contributed by atoms with Crippen LogP contribution < -0.4 is 10.1 Å². The van der Waals surface area contributed by atoms with Gasteiger partial charge < -0.3 is 10.1 Å². The van der Waals surface area contributed by atoms with Crippen LogP contribution in [0.4, 0.5) is 14.5 Å². The number of carbonyl (C=O) groups excluding carboxylic acids is 1. The van der Waals surface area contributed by atoms with Gasteiger partial charge in [0.05, 0.1) is 7.11 Å². The number of anilines is 1. The molecule has 2 aromatic carbocycles. The van der Waals surface area contributed by atoms with Crippen molar-refractivity contribution in [3.63, 3.8) is 0 Å². The predicted molar refractivity (Wildman–Crippen MR) is 81.6 cm³/mol. The molecule has 0 aliphatic heterocycles. The number of carbonyl (C=O) groups is 1. The summed E-state index contributed by atoms with van der Waals surface area (Å²) in [4.78, 5) is 12.0. The van der Waals surface area contributed by atoms with Crippen molar-refractivity contribution in [2.75, 3.05) is 12.4 Å². The number of benzene rings is 2. The Morgan fingerprint density at radius 1 is 1.22 bits per heavy atom. The van der Waals surface area contributed by atoms with E-state index in [1.54, 1.807) is 6.07 Å². The van der Waals surface area contributed by atoms with Crippen LogP contribution in [0.15, 0.2) is 48.0 Å². The molecule has 0 bridgehead atoms. The molecular formula is C17H12F2N2O2. The quantitative estimate of drug-likeness (QED) is 0.694. The van der Waals surface area contributed by atoms with Crippen LogP contribution in [-0.2, 0) is 4.79 Å². The third-order valence-electron chi connectivity index (χ3n) is 2.95. The van der Waals surface area contributed by atoms with Crippen LogP contribution in [0.25, 0.3) is 6.08 Å². The van der Waals surface area contributed by atoms with Crippen molar-refractivity contribution < 1.29 is 18.3 Å². The third kappa shape index (κ3) is 4.14. The van der Waals surface area contributed by atoms with Crippen LogP contribution in [-0.4, -0.2) is 13.0 Å². The Balaban J connectivity index is 2.21. The molecule has 23 heavy (non-hydrogen) atoms. The van der Waals surface area contributed by atoms with Gasteiger partial charge in [0.2, 0.25) is 0 Å². The number of nitrogens with one attached hydrogen (secondary N) is 1. The number of rotatable bonds is 4. The van der Waals surface area contributed by atoms with Crippen LogP contribution in [0.5, 0.6) is 5.75 Å². The van der Waals surface area contributed by atoms with E-state index in [0.717, 1.165) is 6.07 Å². The van der Waals surface area contributed by atoms with Crippen molar-refractivity contribution in [2.45, 2.75) is 0 Å². The van der Waals surface area contributed by atoms with Gasteiger partial charge in [-0.3, -0.25) is 4.79 Å². The first-order chi connectivity index (χ1) is 11.0. The van der Waals surface area contributed by atoms with Gasteiger partial charge in [-0.25, -0.2) is 8.78 Å². The molecule has 0 spiro atoms. The molecule has 0 saturated carbocycles. The van der Waals surface area contributed by atoms with E-state index >= 15 is 0 Å². The van der Waals surface area contributed by atoms with Gasteiger partial charge in [0.25, 0.3) is 5.91 Å². The number of nitrogens with zero attached hydrogens (tertiary/aromatic N) is 1. The highest BCUT2D eigenvalue weighted by atomic mass is 19.1. The van der Waals surface area contributed by atoms with E-state index in [0.29, 0.717) is 11.3 Å². The molecule has 1 N–H and O–H groups in total. The van der Waals surface area contributed by atoms with Gasteiger partial charge in [-0.2, -0.15) is 5.26 Å². The summed E-state index contributed by atoms with van der Waals surface area (Å²) in [6.07, 6.45) is 1.25. The molecule has 0 fully saturated rings. The molecule has 2 aromatic rings. The van der Waals surface area contributed by atoms with Crippen molar-refractivity contribution in [1.82, 2.24) is 0 Å². The molecule has 0 unspecified atom stereocenters. The van der Waals surface area contributed by atoms with E-state index in [1.165, 1.54) is 49.6 Å². The molecule has 0 atom stereocenters. The fraction of sp³-hybridized carbons (Fsp3) is 0.0588. The molecule has 0 aliphatic carbocycles.